The molecule has 102 valence electrons. The van der Waals surface area contributed by atoms with Crippen molar-refractivity contribution in [2.45, 2.75) is 0 Å². The van der Waals surface area contributed by atoms with E-state index in [-0.39, 0.29) is 5.75 Å². The van der Waals surface area contributed by atoms with E-state index in [9.17, 15) is 4.39 Å². The van der Waals surface area contributed by atoms with E-state index < -0.39 is 5.82 Å². The van der Waals surface area contributed by atoms with Crippen LogP contribution in [0.3, 0.4) is 0 Å². The SMILES string of the molecule is COc1ccc(-n2c(N)nc3cc(Br)ccc32)cc1F. The molecule has 0 fully saturated rings. The van der Waals surface area contributed by atoms with Crippen LogP contribution in [0.25, 0.3) is 16.7 Å². The number of imidazole rings is 1. The number of hydrogen-bond donors (Lipinski definition) is 1. The van der Waals surface area contributed by atoms with Crippen LogP contribution in [0.1, 0.15) is 0 Å². The zero-order valence-electron chi connectivity index (χ0n) is 10.6. The third-order valence-electron chi connectivity index (χ3n) is 3.04. The molecular formula is C14H11BrFN3O. The minimum atomic E-state index is -0.441. The number of nitrogen functional groups attached to an aromatic ring is 1. The van der Waals surface area contributed by atoms with Crippen LogP contribution >= 0.6 is 15.9 Å². The van der Waals surface area contributed by atoms with E-state index in [2.05, 4.69) is 20.9 Å². The molecule has 0 aliphatic heterocycles. The summed E-state index contributed by atoms with van der Waals surface area (Å²) in [6, 6.07) is 10.3. The molecule has 20 heavy (non-hydrogen) atoms. The predicted octanol–water partition coefficient (Wildman–Crippen LogP) is 3.52. The maximum Gasteiger partial charge on any atom is 0.205 e. The summed E-state index contributed by atoms with van der Waals surface area (Å²) in [5, 5.41) is 0. The van der Waals surface area contributed by atoms with Gasteiger partial charge < -0.3 is 10.5 Å². The Kier molecular flexibility index (Phi) is 3.10. The normalized spacial score (nSPS) is 10.9. The van der Waals surface area contributed by atoms with Crippen molar-refractivity contribution in [3.8, 4) is 11.4 Å². The number of nitrogens with zero attached hydrogens (tertiary/aromatic N) is 2. The van der Waals surface area contributed by atoms with E-state index in [4.69, 9.17) is 10.5 Å². The lowest BCUT2D eigenvalue weighted by Gasteiger charge is -2.08. The molecule has 0 spiro atoms. The Bertz CT molecular complexity index is 800. The van der Waals surface area contributed by atoms with Gasteiger partial charge in [0.15, 0.2) is 11.6 Å². The Morgan fingerprint density at radius 3 is 2.75 bits per heavy atom. The molecule has 2 N–H and O–H groups in total. The second-order valence-corrected chi connectivity index (χ2v) is 5.17. The molecule has 0 aliphatic carbocycles. The molecule has 0 saturated carbocycles. The van der Waals surface area contributed by atoms with Gasteiger partial charge in [-0.25, -0.2) is 9.37 Å². The maximum atomic E-state index is 13.8. The lowest BCUT2D eigenvalue weighted by atomic mass is 10.2. The number of rotatable bonds is 2. The van der Waals surface area contributed by atoms with Crippen molar-refractivity contribution >= 4 is 32.9 Å². The smallest absolute Gasteiger partial charge is 0.205 e. The summed E-state index contributed by atoms with van der Waals surface area (Å²) in [5.41, 5.74) is 8.10. The molecule has 0 saturated heterocycles. The van der Waals surface area contributed by atoms with Crippen LogP contribution in [0.2, 0.25) is 0 Å². The van der Waals surface area contributed by atoms with Gasteiger partial charge in [-0.15, -0.1) is 0 Å². The van der Waals surface area contributed by atoms with Crippen molar-refractivity contribution in [2.75, 3.05) is 12.8 Å². The van der Waals surface area contributed by atoms with Gasteiger partial charge in [0.2, 0.25) is 5.95 Å². The molecule has 0 bridgehead atoms. The van der Waals surface area contributed by atoms with Gasteiger partial charge in [-0.1, -0.05) is 15.9 Å². The van der Waals surface area contributed by atoms with Gasteiger partial charge in [-0.3, -0.25) is 4.57 Å². The summed E-state index contributed by atoms with van der Waals surface area (Å²) in [5.74, 6) is 0.0607. The first-order valence-corrected chi connectivity index (χ1v) is 6.67. The molecule has 6 heteroatoms. The summed E-state index contributed by atoms with van der Waals surface area (Å²) in [6.07, 6.45) is 0. The molecule has 3 rings (SSSR count). The number of methoxy groups -OCH3 is 1. The van der Waals surface area contributed by atoms with Crippen LogP contribution in [-0.4, -0.2) is 16.7 Å². The standard InChI is InChI=1S/C14H11BrFN3O/c1-20-13-5-3-9(7-10(13)16)19-12-4-2-8(15)6-11(12)18-14(19)17/h2-7H,1H3,(H2,17,18). The molecule has 1 heterocycles. The quantitative estimate of drug-likeness (QED) is 0.779. The van der Waals surface area contributed by atoms with Crippen LogP contribution in [0.15, 0.2) is 40.9 Å². The van der Waals surface area contributed by atoms with E-state index in [0.717, 1.165) is 15.5 Å². The molecule has 0 aliphatic rings. The zero-order valence-corrected chi connectivity index (χ0v) is 12.2. The third kappa shape index (κ3) is 2.02. The predicted molar refractivity (Wildman–Crippen MR) is 79.7 cm³/mol. The fourth-order valence-corrected chi connectivity index (χ4v) is 2.49. The topological polar surface area (TPSA) is 53.1 Å². The molecule has 3 aromatic rings. The molecule has 1 aromatic heterocycles. The summed E-state index contributed by atoms with van der Waals surface area (Å²) in [4.78, 5) is 4.28. The number of nitrogens with two attached hydrogens (primary N) is 1. The Labute approximate surface area is 123 Å². The van der Waals surface area contributed by atoms with Crippen molar-refractivity contribution in [2.24, 2.45) is 0 Å². The van der Waals surface area contributed by atoms with E-state index in [0.29, 0.717) is 11.6 Å². The van der Waals surface area contributed by atoms with Crippen LogP contribution in [-0.2, 0) is 0 Å². The second kappa shape index (κ2) is 4.79. The monoisotopic (exact) mass is 335 g/mol. The summed E-state index contributed by atoms with van der Waals surface area (Å²) in [7, 11) is 1.43. The van der Waals surface area contributed by atoms with E-state index in [1.54, 1.807) is 16.7 Å². The molecule has 2 aromatic carbocycles. The van der Waals surface area contributed by atoms with Gasteiger partial charge in [-0.05, 0) is 30.3 Å². The second-order valence-electron chi connectivity index (χ2n) is 4.26. The lowest BCUT2D eigenvalue weighted by Crippen LogP contribution is -2.01. The highest BCUT2D eigenvalue weighted by Crippen LogP contribution is 2.27. The largest absolute Gasteiger partial charge is 0.494 e. The number of halogens is 2. The molecule has 0 atom stereocenters. The van der Waals surface area contributed by atoms with Crippen LogP contribution < -0.4 is 10.5 Å². The van der Waals surface area contributed by atoms with E-state index >= 15 is 0 Å². The van der Waals surface area contributed by atoms with Gasteiger partial charge in [-0.2, -0.15) is 0 Å². The highest BCUT2D eigenvalue weighted by atomic mass is 79.9. The minimum absolute atomic E-state index is 0.194. The first-order chi connectivity index (χ1) is 9.60. The van der Waals surface area contributed by atoms with Gasteiger partial charge in [0.25, 0.3) is 0 Å². The first kappa shape index (κ1) is 12.9. The minimum Gasteiger partial charge on any atom is -0.494 e. The maximum absolute atomic E-state index is 13.8. The fourth-order valence-electron chi connectivity index (χ4n) is 2.14. The number of aromatic nitrogens is 2. The Morgan fingerprint density at radius 2 is 2.05 bits per heavy atom. The molecule has 4 nitrogen and oxygen atoms in total. The highest BCUT2D eigenvalue weighted by molar-refractivity contribution is 9.10. The summed E-state index contributed by atoms with van der Waals surface area (Å²) < 4.78 is 21.4. The van der Waals surface area contributed by atoms with E-state index in [1.807, 2.05) is 18.2 Å². The average Bonchev–Trinajstić information content (AvgIpc) is 2.73. The van der Waals surface area contributed by atoms with Crippen molar-refractivity contribution < 1.29 is 9.13 Å². The Morgan fingerprint density at radius 1 is 1.25 bits per heavy atom. The van der Waals surface area contributed by atoms with Crippen molar-refractivity contribution in [1.29, 1.82) is 0 Å². The molecule has 0 radical (unpaired) electrons. The zero-order chi connectivity index (χ0) is 14.3. The van der Waals surface area contributed by atoms with Gasteiger partial charge >= 0.3 is 0 Å². The van der Waals surface area contributed by atoms with E-state index in [1.165, 1.54) is 13.2 Å². The molecule has 0 unspecified atom stereocenters. The van der Waals surface area contributed by atoms with Crippen molar-refractivity contribution in [3.63, 3.8) is 0 Å². The van der Waals surface area contributed by atoms with Gasteiger partial charge in [0.05, 0.1) is 23.8 Å². The van der Waals surface area contributed by atoms with Gasteiger partial charge in [0, 0.05) is 10.5 Å². The number of anilines is 1. The number of fused-ring (bicyclic) bond motifs is 1. The number of hydrogen-bond acceptors (Lipinski definition) is 3. The van der Waals surface area contributed by atoms with Crippen LogP contribution in [0, 0.1) is 5.82 Å². The molecular weight excluding hydrogens is 325 g/mol. The molecule has 0 amide bonds. The average molecular weight is 336 g/mol. The first-order valence-electron chi connectivity index (χ1n) is 5.87. The summed E-state index contributed by atoms with van der Waals surface area (Å²) >= 11 is 3.39. The number of benzene rings is 2. The van der Waals surface area contributed by atoms with Crippen molar-refractivity contribution in [3.05, 3.63) is 46.7 Å². The summed E-state index contributed by atoms with van der Waals surface area (Å²) in [6.45, 7) is 0. The Hall–Kier alpha value is -2.08. The Balaban J connectivity index is 2.23. The highest BCUT2D eigenvalue weighted by Gasteiger charge is 2.12. The fraction of sp³-hybridized carbons (Fsp3) is 0.0714. The third-order valence-corrected chi connectivity index (χ3v) is 3.53. The van der Waals surface area contributed by atoms with Crippen molar-refractivity contribution in [1.82, 2.24) is 9.55 Å². The number of ether oxygens (including phenoxy) is 1. The van der Waals surface area contributed by atoms with Crippen LogP contribution in [0.4, 0.5) is 10.3 Å². The van der Waals surface area contributed by atoms with Crippen LogP contribution in [0.5, 0.6) is 5.75 Å². The lowest BCUT2D eigenvalue weighted by molar-refractivity contribution is 0.386. The van der Waals surface area contributed by atoms with Gasteiger partial charge in [0.1, 0.15) is 0 Å².